The number of carbonyl (C=O) groups is 2. The first kappa shape index (κ1) is 26.1. The lowest BCUT2D eigenvalue weighted by molar-refractivity contribution is -0.132. The minimum atomic E-state index is -4.26. The maximum Gasteiger partial charge on any atom is 0.412 e. The summed E-state index contributed by atoms with van der Waals surface area (Å²) in [6.07, 6.45) is -0.787. The van der Waals surface area contributed by atoms with Crippen molar-refractivity contribution in [2.45, 2.75) is 50.8 Å². The molecule has 0 bridgehead atoms. The average molecular weight is 480 g/mol. The molecule has 2 aromatic carbocycles. The molecule has 0 spiro atoms. The van der Waals surface area contributed by atoms with Crippen LogP contribution in [-0.2, 0) is 26.1 Å². The number of amides is 2. The van der Waals surface area contributed by atoms with E-state index in [9.17, 15) is 18.0 Å². The largest absolute Gasteiger partial charge is 0.495 e. The van der Waals surface area contributed by atoms with Crippen molar-refractivity contribution in [3.63, 3.8) is 0 Å². The van der Waals surface area contributed by atoms with Crippen LogP contribution in [0, 0.1) is 0 Å². The maximum absolute atomic E-state index is 13.5. The van der Waals surface area contributed by atoms with Gasteiger partial charge in [0.05, 0.1) is 17.7 Å². The van der Waals surface area contributed by atoms with Crippen LogP contribution in [0.4, 0.5) is 10.5 Å². The van der Waals surface area contributed by atoms with Crippen LogP contribution < -0.4 is 15.5 Å². The van der Waals surface area contributed by atoms with E-state index in [0.29, 0.717) is 5.56 Å². The minimum Gasteiger partial charge on any atom is -0.495 e. The average Bonchev–Trinajstić information content (AvgIpc) is 2.75. The molecule has 2 aromatic rings. The molecule has 2 amide bonds. The summed E-state index contributed by atoms with van der Waals surface area (Å²) < 4.78 is 38.5. The SMILES string of the molecule is COc1ccc(S(=O)(=O)N(Cc2ccccc2)[C@@H](C)C(=O)NO)cc1NC(=O)OC(C)(C)C. The zero-order valence-corrected chi connectivity index (χ0v) is 20.0. The quantitative estimate of drug-likeness (QED) is 0.391. The molecule has 0 radical (unpaired) electrons. The Morgan fingerprint density at radius 1 is 1.12 bits per heavy atom. The first-order valence-corrected chi connectivity index (χ1v) is 11.5. The van der Waals surface area contributed by atoms with Crippen LogP contribution in [0.2, 0.25) is 0 Å². The number of hydrogen-bond donors (Lipinski definition) is 3. The second kappa shape index (κ2) is 10.6. The summed E-state index contributed by atoms with van der Waals surface area (Å²) >= 11 is 0. The number of anilines is 1. The minimum absolute atomic E-state index is 0.0757. The van der Waals surface area contributed by atoms with Gasteiger partial charge < -0.3 is 9.47 Å². The molecule has 0 aliphatic carbocycles. The van der Waals surface area contributed by atoms with E-state index in [2.05, 4.69) is 5.32 Å². The Balaban J connectivity index is 2.48. The van der Waals surface area contributed by atoms with Gasteiger partial charge in [-0.2, -0.15) is 4.31 Å². The fourth-order valence-electron chi connectivity index (χ4n) is 2.91. The first-order valence-electron chi connectivity index (χ1n) is 10.1. The van der Waals surface area contributed by atoms with Gasteiger partial charge in [-0.25, -0.2) is 18.7 Å². The summed E-state index contributed by atoms with van der Waals surface area (Å²) in [5, 5.41) is 11.6. The van der Waals surface area contributed by atoms with Gasteiger partial charge in [0, 0.05) is 6.54 Å². The van der Waals surface area contributed by atoms with E-state index < -0.39 is 33.7 Å². The van der Waals surface area contributed by atoms with Crippen LogP contribution in [0.15, 0.2) is 53.4 Å². The van der Waals surface area contributed by atoms with Gasteiger partial charge in [-0.1, -0.05) is 30.3 Å². The third-order valence-electron chi connectivity index (χ3n) is 4.52. The summed E-state index contributed by atoms with van der Waals surface area (Å²) in [6.45, 7) is 6.31. The third-order valence-corrected chi connectivity index (χ3v) is 6.43. The highest BCUT2D eigenvalue weighted by Gasteiger charge is 2.34. The van der Waals surface area contributed by atoms with Gasteiger partial charge in [0.2, 0.25) is 10.0 Å². The molecule has 0 aliphatic heterocycles. The van der Waals surface area contributed by atoms with Gasteiger partial charge in [-0.15, -0.1) is 0 Å². The lowest BCUT2D eigenvalue weighted by atomic mass is 10.2. The van der Waals surface area contributed by atoms with Crippen molar-refractivity contribution in [3.8, 4) is 5.75 Å². The number of nitrogens with zero attached hydrogens (tertiary/aromatic N) is 1. The molecule has 11 heteroatoms. The van der Waals surface area contributed by atoms with Crippen LogP contribution in [0.3, 0.4) is 0 Å². The zero-order valence-electron chi connectivity index (χ0n) is 19.2. The highest BCUT2D eigenvalue weighted by Crippen LogP contribution is 2.30. The van der Waals surface area contributed by atoms with Crippen molar-refractivity contribution in [2.75, 3.05) is 12.4 Å². The number of benzene rings is 2. The number of hydroxylamine groups is 1. The Morgan fingerprint density at radius 2 is 1.76 bits per heavy atom. The Hall–Kier alpha value is -3.15. The van der Waals surface area contributed by atoms with Crippen molar-refractivity contribution in [3.05, 3.63) is 54.1 Å². The standard InChI is InChI=1S/C22H29N3O7S/c1-15(20(26)24-28)25(14-16-9-7-6-8-10-16)33(29,30)17-11-12-19(31-5)18(13-17)23-21(27)32-22(2,3)4/h6-13,15,28H,14H2,1-5H3,(H,23,27)(H,24,26)/t15-/m0/s1. The summed E-state index contributed by atoms with van der Waals surface area (Å²) in [4.78, 5) is 24.2. The Kier molecular flexibility index (Phi) is 8.42. The van der Waals surface area contributed by atoms with Gasteiger partial charge in [-0.3, -0.25) is 15.3 Å². The van der Waals surface area contributed by atoms with Crippen LogP contribution in [0.25, 0.3) is 0 Å². The second-order valence-electron chi connectivity index (χ2n) is 8.18. The molecule has 0 fully saturated rings. The molecule has 0 aliphatic rings. The molecule has 33 heavy (non-hydrogen) atoms. The molecule has 10 nitrogen and oxygen atoms in total. The molecule has 0 saturated carbocycles. The molecule has 0 heterocycles. The Bertz CT molecular complexity index is 1080. The van der Waals surface area contributed by atoms with Crippen LogP contribution in [0.1, 0.15) is 33.3 Å². The Morgan fingerprint density at radius 3 is 2.30 bits per heavy atom. The maximum atomic E-state index is 13.5. The topological polar surface area (TPSA) is 134 Å². The van der Waals surface area contributed by atoms with E-state index in [1.807, 2.05) is 0 Å². The molecule has 0 saturated heterocycles. The Labute approximate surface area is 193 Å². The molecular formula is C22H29N3O7S. The van der Waals surface area contributed by atoms with E-state index in [1.54, 1.807) is 51.1 Å². The third kappa shape index (κ3) is 6.91. The van der Waals surface area contributed by atoms with Crippen molar-refractivity contribution >= 4 is 27.7 Å². The van der Waals surface area contributed by atoms with Crippen molar-refractivity contribution < 1.29 is 32.7 Å². The van der Waals surface area contributed by atoms with Gasteiger partial charge in [0.15, 0.2) is 0 Å². The van der Waals surface area contributed by atoms with Gasteiger partial charge in [-0.05, 0) is 51.5 Å². The van der Waals surface area contributed by atoms with E-state index in [0.717, 1.165) is 4.31 Å². The van der Waals surface area contributed by atoms with E-state index in [1.165, 1.54) is 37.7 Å². The number of carbonyl (C=O) groups excluding carboxylic acids is 2. The first-order chi connectivity index (χ1) is 15.4. The van der Waals surface area contributed by atoms with Gasteiger partial charge in [0.1, 0.15) is 17.4 Å². The molecule has 2 rings (SSSR count). The predicted molar refractivity (Wildman–Crippen MR) is 121 cm³/mol. The van der Waals surface area contributed by atoms with Crippen molar-refractivity contribution in [1.82, 2.24) is 9.79 Å². The molecule has 0 aromatic heterocycles. The highest BCUT2D eigenvalue weighted by molar-refractivity contribution is 7.89. The summed E-state index contributed by atoms with van der Waals surface area (Å²) in [5.74, 6) is -0.675. The lowest BCUT2D eigenvalue weighted by Crippen LogP contribution is -2.46. The second-order valence-corrected chi connectivity index (χ2v) is 10.1. The van der Waals surface area contributed by atoms with Gasteiger partial charge >= 0.3 is 6.09 Å². The molecular weight excluding hydrogens is 450 g/mol. The summed E-state index contributed by atoms with van der Waals surface area (Å²) in [6, 6.07) is 11.4. The number of rotatable bonds is 8. The number of hydrogen-bond acceptors (Lipinski definition) is 7. The monoisotopic (exact) mass is 479 g/mol. The van der Waals surface area contributed by atoms with E-state index in [-0.39, 0.29) is 22.9 Å². The number of sulfonamides is 1. The molecule has 3 N–H and O–H groups in total. The molecule has 1 atom stereocenters. The predicted octanol–water partition coefficient (Wildman–Crippen LogP) is 3.13. The number of ether oxygens (including phenoxy) is 2. The smallest absolute Gasteiger partial charge is 0.412 e. The van der Waals surface area contributed by atoms with Crippen molar-refractivity contribution in [1.29, 1.82) is 0 Å². The fraction of sp³-hybridized carbons (Fsp3) is 0.364. The lowest BCUT2D eigenvalue weighted by Gasteiger charge is -2.27. The normalized spacial score (nSPS) is 12.7. The molecule has 0 unspecified atom stereocenters. The molecule has 180 valence electrons. The summed E-state index contributed by atoms with van der Waals surface area (Å²) in [5.41, 5.74) is 1.44. The van der Waals surface area contributed by atoms with E-state index in [4.69, 9.17) is 14.7 Å². The van der Waals surface area contributed by atoms with Crippen LogP contribution >= 0.6 is 0 Å². The summed E-state index contributed by atoms with van der Waals surface area (Å²) in [7, 11) is -2.88. The fourth-order valence-corrected chi connectivity index (χ4v) is 4.52. The number of nitrogens with one attached hydrogen (secondary N) is 2. The van der Waals surface area contributed by atoms with Crippen molar-refractivity contribution in [2.24, 2.45) is 0 Å². The van der Waals surface area contributed by atoms with E-state index >= 15 is 0 Å². The highest BCUT2D eigenvalue weighted by atomic mass is 32.2. The van der Waals surface area contributed by atoms with Crippen LogP contribution in [-0.4, -0.2) is 48.7 Å². The van der Waals surface area contributed by atoms with Crippen LogP contribution in [0.5, 0.6) is 5.75 Å². The zero-order chi connectivity index (χ0) is 24.8. The van der Waals surface area contributed by atoms with Gasteiger partial charge in [0.25, 0.3) is 5.91 Å². The number of methoxy groups -OCH3 is 1.